The van der Waals surface area contributed by atoms with Gasteiger partial charge in [0.05, 0.1) is 6.54 Å². The van der Waals surface area contributed by atoms with Gasteiger partial charge in [-0.15, -0.1) is 0 Å². The van der Waals surface area contributed by atoms with Crippen LogP contribution in [0.15, 0.2) is 54.9 Å². The van der Waals surface area contributed by atoms with Crippen LogP contribution >= 0.6 is 0 Å². The Kier molecular flexibility index (Phi) is 3.88. The topological polar surface area (TPSA) is 65.5 Å². The third-order valence-electron chi connectivity index (χ3n) is 2.34. The monoisotopic (exact) mass is 243 g/mol. The van der Waals surface area contributed by atoms with Gasteiger partial charge in [0, 0.05) is 18.1 Å². The number of hydrogen-bond acceptors (Lipinski definition) is 3. The standard InChI is InChI=1S/C13H13N3O2/c17-13(15-12-4-2-1-3-5-12)16(18)10-11-6-8-14-9-7-11/h1-9,18H,10H2,(H,15,17). The largest absolute Gasteiger partial charge is 0.345 e. The third kappa shape index (κ3) is 3.29. The lowest BCUT2D eigenvalue weighted by molar-refractivity contribution is -0.0449. The molecule has 2 rings (SSSR count). The van der Waals surface area contributed by atoms with Crippen LogP contribution in [-0.4, -0.2) is 21.3 Å². The number of anilines is 1. The first-order valence-electron chi connectivity index (χ1n) is 5.47. The molecule has 0 unspecified atom stereocenters. The summed E-state index contributed by atoms with van der Waals surface area (Å²) in [6.45, 7) is 0.112. The number of urea groups is 1. The van der Waals surface area contributed by atoms with Crippen LogP contribution in [0.5, 0.6) is 0 Å². The van der Waals surface area contributed by atoms with Crippen molar-refractivity contribution in [2.24, 2.45) is 0 Å². The number of aromatic nitrogens is 1. The molecule has 0 aliphatic heterocycles. The summed E-state index contributed by atoms with van der Waals surface area (Å²) in [6, 6.07) is 11.9. The van der Waals surface area contributed by atoms with Crippen LogP contribution < -0.4 is 5.32 Å². The maximum atomic E-state index is 11.7. The molecule has 1 aromatic heterocycles. The molecular formula is C13H13N3O2. The Hall–Kier alpha value is -2.40. The molecular weight excluding hydrogens is 230 g/mol. The number of hydrogen-bond donors (Lipinski definition) is 2. The van der Waals surface area contributed by atoms with E-state index >= 15 is 0 Å². The van der Waals surface area contributed by atoms with Crippen molar-refractivity contribution >= 4 is 11.7 Å². The summed E-state index contributed by atoms with van der Waals surface area (Å²) in [5.74, 6) is 0. The summed E-state index contributed by atoms with van der Waals surface area (Å²) in [5.41, 5.74) is 1.44. The van der Waals surface area contributed by atoms with E-state index in [-0.39, 0.29) is 6.54 Å². The van der Waals surface area contributed by atoms with Crippen LogP contribution in [-0.2, 0) is 6.54 Å². The zero-order chi connectivity index (χ0) is 12.8. The van der Waals surface area contributed by atoms with E-state index < -0.39 is 6.03 Å². The lowest BCUT2D eigenvalue weighted by Gasteiger charge is -2.15. The number of amides is 2. The quantitative estimate of drug-likeness (QED) is 0.643. The van der Waals surface area contributed by atoms with E-state index in [0.29, 0.717) is 10.8 Å². The summed E-state index contributed by atoms with van der Waals surface area (Å²) in [5, 5.41) is 12.8. The van der Waals surface area contributed by atoms with Crippen LogP contribution in [0.25, 0.3) is 0 Å². The predicted molar refractivity (Wildman–Crippen MR) is 67.0 cm³/mol. The molecule has 2 N–H and O–H groups in total. The highest BCUT2D eigenvalue weighted by Gasteiger charge is 2.10. The smallest absolute Gasteiger partial charge is 0.306 e. The van der Waals surface area contributed by atoms with Gasteiger partial charge < -0.3 is 5.32 Å². The van der Waals surface area contributed by atoms with E-state index in [1.165, 1.54) is 0 Å². The fourth-order valence-corrected chi connectivity index (χ4v) is 1.44. The summed E-state index contributed by atoms with van der Waals surface area (Å²) in [7, 11) is 0. The molecule has 92 valence electrons. The molecule has 0 radical (unpaired) electrons. The second kappa shape index (κ2) is 5.79. The molecule has 0 atom stereocenters. The van der Waals surface area contributed by atoms with E-state index in [2.05, 4.69) is 10.3 Å². The van der Waals surface area contributed by atoms with Crippen molar-refractivity contribution < 1.29 is 10.0 Å². The van der Waals surface area contributed by atoms with E-state index in [1.54, 1.807) is 48.8 Å². The van der Waals surface area contributed by atoms with Crippen molar-refractivity contribution in [3.63, 3.8) is 0 Å². The number of carbonyl (C=O) groups is 1. The number of para-hydroxylation sites is 1. The number of hydroxylamine groups is 2. The minimum Gasteiger partial charge on any atom is -0.306 e. The van der Waals surface area contributed by atoms with Gasteiger partial charge in [-0.05, 0) is 29.8 Å². The van der Waals surface area contributed by atoms with Gasteiger partial charge in [0.2, 0.25) is 0 Å². The predicted octanol–water partition coefficient (Wildman–Crippen LogP) is 2.50. The highest BCUT2D eigenvalue weighted by atomic mass is 16.5. The first-order chi connectivity index (χ1) is 8.75. The summed E-state index contributed by atoms with van der Waals surface area (Å²) in [6.07, 6.45) is 3.22. The van der Waals surface area contributed by atoms with Crippen LogP contribution in [0.3, 0.4) is 0 Å². The number of nitrogens with one attached hydrogen (secondary N) is 1. The summed E-state index contributed by atoms with van der Waals surface area (Å²) in [4.78, 5) is 15.5. The maximum absolute atomic E-state index is 11.7. The highest BCUT2D eigenvalue weighted by Crippen LogP contribution is 2.07. The Morgan fingerprint density at radius 2 is 1.83 bits per heavy atom. The Bertz CT molecular complexity index is 502. The van der Waals surface area contributed by atoms with Crippen molar-refractivity contribution in [2.45, 2.75) is 6.54 Å². The number of nitrogens with zero attached hydrogens (tertiary/aromatic N) is 2. The molecule has 2 amide bonds. The van der Waals surface area contributed by atoms with Gasteiger partial charge in [-0.2, -0.15) is 0 Å². The molecule has 5 nitrogen and oxygen atoms in total. The molecule has 0 saturated heterocycles. The van der Waals surface area contributed by atoms with Gasteiger partial charge in [-0.1, -0.05) is 18.2 Å². The maximum Gasteiger partial charge on any atom is 0.345 e. The van der Waals surface area contributed by atoms with E-state index in [0.717, 1.165) is 5.56 Å². The molecule has 2 aromatic rings. The number of rotatable bonds is 3. The van der Waals surface area contributed by atoms with Crippen LogP contribution in [0, 0.1) is 0 Å². The second-order valence-corrected chi connectivity index (χ2v) is 3.71. The van der Waals surface area contributed by atoms with Crippen LogP contribution in [0.4, 0.5) is 10.5 Å². The van der Waals surface area contributed by atoms with Crippen molar-refractivity contribution in [3.05, 3.63) is 60.4 Å². The molecule has 1 heterocycles. The summed E-state index contributed by atoms with van der Waals surface area (Å²) < 4.78 is 0. The zero-order valence-electron chi connectivity index (χ0n) is 9.65. The van der Waals surface area contributed by atoms with Crippen molar-refractivity contribution in [1.29, 1.82) is 0 Å². The Morgan fingerprint density at radius 1 is 1.17 bits per heavy atom. The first kappa shape index (κ1) is 12.1. The van der Waals surface area contributed by atoms with Gasteiger partial charge >= 0.3 is 6.03 Å². The molecule has 18 heavy (non-hydrogen) atoms. The van der Waals surface area contributed by atoms with Crippen LogP contribution in [0.1, 0.15) is 5.56 Å². The zero-order valence-corrected chi connectivity index (χ0v) is 9.65. The lowest BCUT2D eigenvalue weighted by atomic mass is 10.3. The molecule has 0 aliphatic rings. The second-order valence-electron chi connectivity index (χ2n) is 3.71. The molecule has 0 fully saturated rings. The van der Waals surface area contributed by atoms with E-state index in [1.807, 2.05) is 6.07 Å². The molecule has 5 heteroatoms. The Balaban J connectivity index is 1.93. The molecule has 0 bridgehead atoms. The lowest BCUT2D eigenvalue weighted by Crippen LogP contribution is -2.31. The van der Waals surface area contributed by atoms with Gasteiger partial charge in [0.1, 0.15) is 0 Å². The average molecular weight is 243 g/mol. The van der Waals surface area contributed by atoms with Crippen LogP contribution in [0.2, 0.25) is 0 Å². The minimum atomic E-state index is -0.571. The Morgan fingerprint density at radius 3 is 2.50 bits per heavy atom. The Labute approximate surface area is 105 Å². The van der Waals surface area contributed by atoms with Gasteiger partial charge in [-0.25, -0.2) is 9.86 Å². The minimum absolute atomic E-state index is 0.112. The molecule has 0 spiro atoms. The third-order valence-corrected chi connectivity index (χ3v) is 2.34. The van der Waals surface area contributed by atoms with Gasteiger partial charge in [-0.3, -0.25) is 10.2 Å². The van der Waals surface area contributed by atoms with E-state index in [4.69, 9.17) is 0 Å². The number of pyridine rings is 1. The first-order valence-corrected chi connectivity index (χ1v) is 5.47. The van der Waals surface area contributed by atoms with Crippen molar-refractivity contribution in [1.82, 2.24) is 10.0 Å². The average Bonchev–Trinajstić information content (AvgIpc) is 2.41. The molecule has 0 saturated carbocycles. The van der Waals surface area contributed by atoms with Crippen molar-refractivity contribution in [3.8, 4) is 0 Å². The van der Waals surface area contributed by atoms with Gasteiger partial charge in [0.15, 0.2) is 0 Å². The van der Waals surface area contributed by atoms with E-state index in [9.17, 15) is 10.0 Å². The molecule has 1 aromatic carbocycles. The summed E-state index contributed by atoms with van der Waals surface area (Å²) >= 11 is 0. The molecule has 0 aliphatic carbocycles. The van der Waals surface area contributed by atoms with Crippen molar-refractivity contribution in [2.75, 3.05) is 5.32 Å². The number of benzene rings is 1. The number of carbonyl (C=O) groups excluding carboxylic acids is 1. The fourth-order valence-electron chi connectivity index (χ4n) is 1.44. The normalized spacial score (nSPS) is 9.83. The van der Waals surface area contributed by atoms with Gasteiger partial charge in [0.25, 0.3) is 0 Å². The SMILES string of the molecule is O=C(Nc1ccccc1)N(O)Cc1ccncc1. The highest BCUT2D eigenvalue weighted by molar-refractivity contribution is 5.88. The fraction of sp³-hybridized carbons (Fsp3) is 0.0769.